The zero-order valence-corrected chi connectivity index (χ0v) is 12.9. The van der Waals surface area contributed by atoms with E-state index in [4.69, 9.17) is 0 Å². The Balaban J connectivity index is 2.04. The maximum absolute atomic E-state index is 12.1. The highest BCUT2D eigenvalue weighted by Crippen LogP contribution is 2.20. The Bertz CT molecular complexity index is 665. The summed E-state index contributed by atoms with van der Waals surface area (Å²) in [4.78, 5) is 8.19. The normalized spacial score (nSPS) is 11.7. The van der Waals surface area contributed by atoms with E-state index in [1.165, 1.54) is 11.3 Å². The summed E-state index contributed by atoms with van der Waals surface area (Å²) < 4.78 is 27.1. The van der Waals surface area contributed by atoms with E-state index < -0.39 is 10.0 Å². The molecule has 8 heteroatoms. The van der Waals surface area contributed by atoms with Gasteiger partial charge in [-0.25, -0.2) is 13.1 Å². The minimum atomic E-state index is -3.49. The number of sulfonamides is 1. The first-order valence-electron chi connectivity index (χ1n) is 6.00. The molecule has 2 rings (SSSR count). The number of nitrogens with zero attached hydrogens (tertiary/aromatic N) is 2. The van der Waals surface area contributed by atoms with Crippen LogP contribution in [0.15, 0.2) is 28.0 Å². The van der Waals surface area contributed by atoms with Crippen molar-refractivity contribution in [1.29, 1.82) is 0 Å². The molecule has 0 atom stereocenters. The van der Waals surface area contributed by atoms with Gasteiger partial charge in [-0.3, -0.25) is 9.97 Å². The molecule has 0 spiro atoms. The van der Waals surface area contributed by atoms with Crippen LogP contribution in [0.5, 0.6) is 0 Å². The van der Waals surface area contributed by atoms with E-state index in [1.807, 2.05) is 19.4 Å². The van der Waals surface area contributed by atoms with Crippen LogP contribution in [0.3, 0.4) is 0 Å². The van der Waals surface area contributed by atoms with Crippen molar-refractivity contribution in [3.05, 3.63) is 40.8 Å². The zero-order valence-electron chi connectivity index (χ0n) is 11.3. The summed E-state index contributed by atoms with van der Waals surface area (Å²) in [7, 11) is -1.67. The first-order valence-corrected chi connectivity index (χ1v) is 8.37. The third-order valence-corrected chi connectivity index (χ3v) is 5.44. The van der Waals surface area contributed by atoms with E-state index in [-0.39, 0.29) is 6.54 Å². The lowest BCUT2D eigenvalue weighted by atomic mass is 10.3. The maximum Gasteiger partial charge on any atom is 0.250 e. The van der Waals surface area contributed by atoms with Crippen LogP contribution in [0.25, 0.3) is 0 Å². The van der Waals surface area contributed by atoms with Crippen molar-refractivity contribution in [3.63, 3.8) is 0 Å². The molecular weight excluding hydrogens is 296 g/mol. The van der Waals surface area contributed by atoms with Gasteiger partial charge in [0.25, 0.3) is 0 Å². The summed E-state index contributed by atoms with van der Waals surface area (Å²) in [5.41, 5.74) is 2.34. The molecule has 2 N–H and O–H groups in total. The van der Waals surface area contributed by atoms with Gasteiger partial charge in [0.05, 0.1) is 24.1 Å². The molecule has 2 aromatic heterocycles. The lowest BCUT2D eigenvalue weighted by Gasteiger charge is -2.04. The van der Waals surface area contributed by atoms with Gasteiger partial charge < -0.3 is 5.32 Å². The summed E-state index contributed by atoms with van der Waals surface area (Å²) >= 11 is 1.21. The number of aryl methyl sites for hydroxylation is 1. The van der Waals surface area contributed by atoms with Crippen LogP contribution in [-0.4, -0.2) is 25.4 Å². The van der Waals surface area contributed by atoms with Crippen molar-refractivity contribution >= 4 is 21.4 Å². The Hall–Kier alpha value is -1.35. The van der Waals surface area contributed by atoms with Gasteiger partial charge in [-0.1, -0.05) is 0 Å². The Kier molecular flexibility index (Phi) is 4.81. The molecule has 20 heavy (non-hydrogen) atoms. The van der Waals surface area contributed by atoms with Crippen LogP contribution in [-0.2, 0) is 23.1 Å². The minimum Gasteiger partial charge on any atom is -0.316 e. The Labute approximate surface area is 122 Å². The van der Waals surface area contributed by atoms with Crippen LogP contribution < -0.4 is 10.0 Å². The number of thiophene rings is 1. The van der Waals surface area contributed by atoms with Crippen LogP contribution in [0, 0.1) is 6.92 Å². The number of nitrogens with one attached hydrogen (secondary N) is 2. The lowest BCUT2D eigenvalue weighted by Crippen LogP contribution is -2.23. The molecule has 0 saturated carbocycles. The molecule has 0 unspecified atom stereocenters. The zero-order chi connectivity index (χ0) is 14.6. The van der Waals surface area contributed by atoms with Crippen molar-refractivity contribution in [1.82, 2.24) is 20.0 Å². The topological polar surface area (TPSA) is 84.0 Å². The first-order chi connectivity index (χ1) is 9.51. The molecule has 0 radical (unpaired) electrons. The number of rotatable bonds is 6. The SMILES string of the molecule is CNCc1csc(S(=O)(=O)NCc2cnc(C)cn2)c1. The minimum absolute atomic E-state index is 0.134. The second kappa shape index (κ2) is 6.40. The van der Waals surface area contributed by atoms with Gasteiger partial charge in [-0.05, 0) is 31.0 Å². The smallest absolute Gasteiger partial charge is 0.250 e. The van der Waals surface area contributed by atoms with Gasteiger partial charge in [-0.15, -0.1) is 11.3 Å². The van der Waals surface area contributed by atoms with Gasteiger partial charge in [0.15, 0.2) is 0 Å². The van der Waals surface area contributed by atoms with Crippen molar-refractivity contribution in [2.24, 2.45) is 0 Å². The Morgan fingerprint density at radius 2 is 2.05 bits per heavy atom. The van der Waals surface area contributed by atoms with Crippen LogP contribution in [0.2, 0.25) is 0 Å². The van der Waals surface area contributed by atoms with Crippen LogP contribution in [0.1, 0.15) is 17.0 Å². The average Bonchev–Trinajstić information content (AvgIpc) is 2.88. The molecule has 0 aliphatic carbocycles. The first kappa shape index (κ1) is 15.0. The van der Waals surface area contributed by atoms with Gasteiger partial charge >= 0.3 is 0 Å². The van der Waals surface area contributed by atoms with E-state index in [2.05, 4.69) is 20.0 Å². The van der Waals surface area contributed by atoms with E-state index >= 15 is 0 Å². The molecule has 0 aliphatic heterocycles. The molecule has 108 valence electrons. The highest BCUT2D eigenvalue weighted by atomic mass is 32.2. The van der Waals surface area contributed by atoms with E-state index in [0.29, 0.717) is 16.4 Å². The van der Waals surface area contributed by atoms with Crippen molar-refractivity contribution in [3.8, 4) is 0 Å². The molecule has 2 aromatic rings. The fourth-order valence-corrected chi connectivity index (χ4v) is 3.79. The third kappa shape index (κ3) is 3.83. The number of hydrogen-bond donors (Lipinski definition) is 2. The van der Waals surface area contributed by atoms with Crippen molar-refractivity contribution < 1.29 is 8.42 Å². The number of aromatic nitrogens is 2. The summed E-state index contributed by atoms with van der Waals surface area (Å²) in [5, 5.41) is 4.82. The fourth-order valence-electron chi connectivity index (χ4n) is 1.54. The second-order valence-electron chi connectivity index (χ2n) is 4.28. The fraction of sp³-hybridized carbons (Fsp3) is 0.333. The quantitative estimate of drug-likeness (QED) is 0.833. The second-order valence-corrected chi connectivity index (χ2v) is 7.18. The third-order valence-electron chi connectivity index (χ3n) is 2.55. The van der Waals surface area contributed by atoms with Crippen LogP contribution >= 0.6 is 11.3 Å². The number of hydrogen-bond acceptors (Lipinski definition) is 6. The molecule has 0 fully saturated rings. The molecule has 6 nitrogen and oxygen atoms in total. The standard InChI is InChI=1S/C12H16N4O2S2/c1-9-4-15-11(6-14-9)7-16-20(17,18)12-3-10(5-13-2)8-19-12/h3-4,6,8,13,16H,5,7H2,1-2H3. The van der Waals surface area contributed by atoms with E-state index in [9.17, 15) is 8.42 Å². The Morgan fingerprint density at radius 1 is 1.25 bits per heavy atom. The summed E-state index contributed by atoms with van der Waals surface area (Å²) in [6.07, 6.45) is 3.18. The maximum atomic E-state index is 12.1. The van der Waals surface area contributed by atoms with Crippen molar-refractivity contribution in [2.45, 2.75) is 24.2 Å². The monoisotopic (exact) mass is 312 g/mol. The summed E-state index contributed by atoms with van der Waals surface area (Å²) in [6, 6.07) is 1.67. The summed E-state index contributed by atoms with van der Waals surface area (Å²) in [5.74, 6) is 0. The predicted octanol–water partition coefficient (Wildman–Crippen LogP) is 1.04. The van der Waals surface area contributed by atoms with Gasteiger partial charge in [0, 0.05) is 12.7 Å². The largest absolute Gasteiger partial charge is 0.316 e. The highest BCUT2D eigenvalue weighted by Gasteiger charge is 2.16. The highest BCUT2D eigenvalue weighted by molar-refractivity contribution is 7.91. The molecule has 2 heterocycles. The van der Waals surface area contributed by atoms with E-state index in [1.54, 1.807) is 18.5 Å². The van der Waals surface area contributed by atoms with Crippen LogP contribution in [0.4, 0.5) is 0 Å². The molecule has 0 amide bonds. The molecule has 0 bridgehead atoms. The average molecular weight is 312 g/mol. The summed E-state index contributed by atoms with van der Waals surface area (Å²) in [6.45, 7) is 2.61. The van der Waals surface area contributed by atoms with E-state index in [0.717, 1.165) is 11.3 Å². The van der Waals surface area contributed by atoms with Gasteiger partial charge in [0.2, 0.25) is 10.0 Å². The van der Waals surface area contributed by atoms with Gasteiger partial charge in [-0.2, -0.15) is 0 Å². The molecule has 0 aliphatic rings. The van der Waals surface area contributed by atoms with Crippen molar-refractivity contribution in [2.75, 3.05) is 7.05 Å². The molecule has 0 aromatic carbocycles. The Morgan fingerprint density at radius 3 is 2.70 bits per heavy atom. The molecule has 0 saturated heterocycles. The molecular formula is C12H16N4O2S2. The predicted molar refractivity (Wildman–Crippen MR) is 77.9 cm³/mol. The lowest BCUT2D eigenvalue weighted by molar-refractivity contribution is 0.582. The van der Waals surface area contributed by atoms with Gasteiger partial charge in [0.1, 0.15) is 4.21 Å².